The van der Waals surface area contributed by atoms with Gasteiger partial charge in [0.1, 0.15) is 10.9 Å². The van der Waals surface area contributed by atoms with Crippen molar-refractivity contribution >= 4 is 27.6 Å². The first-order valence-electron chi connectivity index (χ1n) is 5.40. The number of amides is 1. The fourth-order valence-corrected chi connectivity index (χ4v) is 2.90. The molecule has 1 amide bonds. The summed E-state index contributed by atoms with van der Waals surface area (Å²) in [6, 6.07) is 3.57. The number of esters is 1. The number of sulfonamides is 1. The average molecular weight is 284 g/mol. The van der Waals surface area contributed by atoms with E-state index in [4.69, 9.17) is 0 Å². The van der Waals surface area contributed by atoms with Gasteiger partial charge in [0.05, 0.1) is 12.7 Å². The van der Waals surface area contributed by atoms with Crippen LogP contribution in [0.25, 0.3) is 0 Å². The molecule has 0 saturated carbocycles. The number of carbonyl (C=O) groups is 2. The van der Waals surface area contributed by atoms with Crippen molar-refractivity contribution < 1.29 is 22.7 Å². The SMILES string of the molecule is COC(=O)C(C)Nc1ccc2c(c1)C(=O)NS2(=O)=O. The molecule has 1 aromatic carbocycles. The highest BCUT2D eigenvalue weighted by atomic mass is 32.2. The molecule has 0 fully saturated rings. The minimum absolute atomic E-state index is 0.0575. The van der Waals surface area contributed by atoms with Crippen LogP contribution < -0.4 is 10.0 Å². The van der Waals surface area contributed by atoms with E-state index in [1.54, 1.807) is 6.92 Å². The topological polar surface area (TPSA) is 102 Å². The molecule has 0 aromatic heterocycles. The number of rotatable bonds is 3. The predicted molar refractivity (Wildman–Crippen MR) is 66.2 cm³/mol. The lowest BCUT2D eigenvalue weighted by molar-refractivity contribution is -0.141. The lowest BCUT2D eigenvalue weighted by atomic mass is 10.2. The van der Waals surface area contributed by atoms with Gasteiger partial charge in [0.15, 0.2) is 0 Å². The summed E-state index contributed by atoms with van der Waals surface area (Å²) >= 11 is 0. The van der Waals surface area contributed by atoms with Crippen molar-refractivity contribution in [3.05, 3.63) is 23.8 Å². The third-order valence-corrected chi connectivity index (χ3v) is 4.07. The lowest BCUT2D eigenvalue weighted by Gasteiger charge is -2.13. The predicted octanol–water partition coefficient (Wildman–Crippen LogP) is 0.0921. The van der Waals surface area contributed by atoms with Crippen molar-refractivity contribution in [2.75, 3.05) is 12.4 Å². The number of fused-ring (bicyclic) bond motifs is 1. The largest absolute Gasteiger partial charge is 0.467 e. The highest BCUT2D eigenvalue weighted by Crippen LogP contribution is 2.25. The molecule has 1 aromatic rings. The second kappa shape index (κ2) is 4.54. The molecule has 0 radical (unpaired) electrons. The lowest BCUT2D eigenvalue weighted by Crippen LogP contribution is -2.27. The van der Waals surface area contributed by atoms with Gasteiger partial charge in [-0.05, 0) is 25.1 Å². The van der Waals surface area contributed by atoms with Crippen molar-refractivity contribution in [2.24, 2.45) is 0 Å². The molecule has 8 heteroatoms. The first-order valence-corrected chi connectivity index (χ1v) is 6.89. The standard InChI is InChI=1S/C11H12N2O5S/c1-6(11(15)18-2)12-7-3-4-9-8(5-7)10(14)13-19(9,16)17/h3-6,12H,1-2H3,(H,13,14). The third-order valence-electron chi connectivity index (χ3n) is 2.68. The van der Waals surface area contributed by atoms with Crippen LogP contribution in [0.3, 0.4) is 0 Å². The van der Waals surface area contributed by atoms with Crippen LogP contribution in [-0.2, 0) is 19.6 Å². The molecule has 0 spiro atoms. The first-order chi connectivity index (χ1) is 8.85. The Morgan fingerprint density at radius 2 is 2.11 bits per heavy atom. The molecule has 0 saturated heterocycles. The normalized spacial score (nSPS) is 17.3. The molecular formula is C11H12N2O5S. The fourth-order valence-electron chi connectivity index (χ4n) is 1.75. The molecule has 1 aliphatic heterocycles. The Hall–Kier alpha value is -2.09. The molecule has 2 rings (SSSR count). The molecular weight excluding hydrogens is 272 g/mol. The van der Waals surface area contributed by atoms with E-state index in [0.717, 1.165) is 0 Å². The van der Waals surface area contributed by atoms with Gasteiger partial charge in [0.2, 0.25) is 0 Å². The highest BCUT2D eigenvalue weighted by molar-refractivity contribution is 7.90. The van der Waals surface area contributed by atoms with Gasteiger partial charge >= 0.3 is 5.97 Å². The van der Waals surface area contributed by atoms with Gasteiger partial charge in [-0.15, -0.1) is 0 Å². The second-order valence-electron chi connectivity index (χ2n) is 4.03. The average Bonchev–Trinajstić information content (AvgIpc) is 2.58. The monoisotopic (exact) mass is 284 g/mol. The Bertz CT molecular complexity index is 653. The van der Waals surface area contributed by atoms with E-state index >= 15 is 0 Å². The minimum Gasteiger partial charge on any atom is -0.467 e. The van der Waals surface area contributed by atoms with Crippen molar-refractivity contribution in [1.29, 1.82) is 0 Å². The number of methoxy groups -OCH3 is 1. The van der Waals surface area contributed by atoms with Crippen molar-refractivity contribution in [1.82, 2.24) is 4.72 Å². The summed E-state index contributed by atoms with van der Waals surface area (Å²) < 4.78 is 29.5. The van der Waals surface area contributed by atoms with Crippen molar-refractivity contribution in [3.8, 4) is 0 Å². The number of benzene rings is 1. The van der Waals surface area contributed by atoms with Crippen LogP contribution >= 0.6 is 0 Å². The molecule has 0 bridgehead atoms. The van der Waals surface area contributed by atoms with E-state index in [0.29, 0.717) is 5.69 Å². The van der Waals surface area contributed by atoms with Crippen LogP contribution in [0.5, 0.6) is 0 Å². The zero-order valence-electron chi connectivity index (χ0n) is 10.3. The maximum atomic E-state index is 11.5. The maximum absolute atomic E-state index is 11.5. The highest BCUT2D eigenvalue weighted by Gasteiger charge is 2.32. The molecule has 2 N–H and O–H groups in total. The summed E-state index contributed by atoms with van der Waals surface area (Å²) in [6.07, 6.45) is 0. The Morgan fingerprint density at radius 1 is 1.42 bits per heavy atom. The molecule has 1 unspecified atom stereocenters. The van der Waals surface area contributed by atoms with Gasteiger partial charge in [-0.2, -0.15) is 0 Å². The molecule has 1 aliphatic rings. The Balaban J connectivity index is 2.31. The van der Waals surface area contributed by atoms with Crippen LogP contribution in [0.4, 0.5) is 5.69 Å². The summed E-state index contributed by atoms with van der Waals surface area (Å²) in [5.41, 5.74) is 0.519. The molecule has 1 atom stereocenters. The van der Waals surface area contributed by atoms with E-state index in [2.05, 4.69) is 10.1 Å². The molecule has 7 nitrogen and oxygen atoms in total. The van der Waals surface area contributed by atoms with Gasteiger partial charge in [0.25, 0.3) is 15.9 Å². The van der Waals surface area contributed by atoms with Gasteiger partial charge in [-0.3, -0.25) is 4.79 Å². The van der Waals surface area contributed by atoms with Gasteiger partial charge in [0, 0.05) is 5.69 Å². The van der Waals surface area contributed by atoms with Gasteiger partial charge in [-0.25, -0.2) is 17.9 Å². The number of anilines is 1. The van der Waals surface area contributed by atoms with E-state index in [1.165, 1.54) is 25.3 Å². The molecule has 102 valence electrons. The summed E-state index contributed by atoms with van der Waals surface area (Å²) in [5, 5.41) is 2.82. The van der Waals surface area contributed by atoms with Crippen LogP contribution in [-0.4, -0.2) is 33.4 Å². The summed E-state index contributed by atoms with van der Waals surface area (Å²) in [4.78, 5) is 22.7. The van der Waals surface area contributed by atoms with E-state index in [1.807, 2.05) is 4.72 Å². The number of hydrogen-bond acceptors (Lipinski definition) is 6. The summed E-state index contributed by atoms with van der Waals surface area (Å²) in [6.45, 7) is 1.59. The van der Waals surface area contributed by atoms with E-state index < -0.39 is 27.9 Å². The molecule has 1 heterocycles. The van der Waals surface area contributed by atoms with Gasteiger partial charge < -0.3 is 10.1 Å². The number of hydrogen-bond donors (Lipinski definition) is 2. The van der Waals surface area contributed by atoms with E-state index in [-0.39, 0.29) is 10.5 Å². The fraction of sp³-hybridized carbons (Fsp3) is 0.273. The number of nitrogens with one attached hydrogen (secondary N) is 2. The van der Waals surface area contributed by atoms with Crippen LogP contribution in [0.1, 0.15) is 17.3 Å². The van der Waals surface area contributed by atoms with Crippen molar-refractivity contribution in [3.63, 3.8) is 0 Å². The van der Waals surface area contributed by atoms with Crippen LogP contribution in [0.15, 0.2) is 23.1 Å². The van der Waals surface area contributed by atoms with Gasteiger partial charge in [-0.1, -0.05) is 0 Å². The second-order valence-corrected chi connectivity index (χ2v) is 5.69. The smallest absolute Gasteiger partial charge is 0.327 e. The first kappa shape index (κ1) is 13.3. The third kappa shape index (κ3) is 2.39. The minimum atomic E-state index is -3.74. The molecule has 19 heavy (non-hydrogen) atoms. The zero-order valence-corrected chi connectivity index (χ0v) is 11.1. The van der Waals surface area contributed by atoms with Crippen LogP contribution in [0, 0.1) is 0 Å². The Labute approximate surface area is 110 Å². The summed E-state index contributed by atoms with van der Waals surface area (Å²) in [5.74, 6) is -1.14. The van der Waals surface area contributed by atoms with E-state index in [9.17, 15) is 18.0 Å². The summed E-state index contributed by atoms with van der Waals surface area (Å²) in [7, 11) is -2.47. The zero-order chi connectivity index (χ0) is 14.2. The maximum Gasteiger partial charge on any atom is 0.327 e. The van der Waals surface area contributed by atoms with Crippen molar-refractivity contribution in [2.45, 2.75) is 17.9 Å². The quantitative estimate of drug-likeness (QED) is 0.763. The van der Waals surface area contributed by atoms with Crippen LogP contribution in [0.2, 0.25) is 0 Å². The number of ether oxygens (including phenoxy) is 1. The Kier molecular flexibility index (Phi) is 3.19. The molecule has 0 aliphatic carbocycles. The Morgan fingerprint density at radius 3 is 2.74 bits per heavy atom. The number of carbonyl (C=O) groups excluding carboxylic acids is 2.